The highest BCUT2D eigenvalue weighted by Crippen LogP contribution is 2.23. The summed E-state index contributed by atoms with van der Waals surface area (Å²) in [6.07, 6.45) is 3.99. The molecule has 4 nitrogen and oxygen atoms in total. The third kappa shape index (κ3) is 2.63. The Morgan fingerprint density at radius 2 is 2.17 bits per heavy atom. The van der Waals surface area contributed by atoms with Crippen LogP contribution in [0.1, 0.15) is 37.2 Å². The molecule has 1 amide bonds. The van der Waals surface area contributed by atoms with Gasteiger partial charge in [0.1, 0.15) is 5.69 Å². The first-order valence-corrected chi connectivity index (χ1v) is 6.56. The maximum Gasteiger partial charge on any atom is 0.272 e. The predicted octanol–water partition coefficient (Wildman–Crippen LogP) is 2.38. The highest BCUT2D eigenvalue weighted by molar-refractivity contribution is 5.92. The van der Waals surface area contributed by atoms with Gasteiger partial charge in [-0.05, 0) is 37.8 Å². The highest BCUT2D eigenvalue weighted by atomic mass is 16.2. The lowest BCUT2D eigenvalue weighted by atomic mass is 9.95. The van der Waals surface area contributed by atoms with Crippen molar-refractivity contribution in [2.45, 2.75) is 32.7 Å². The van der Waals surface area contributed by atoms with Crippen molar-refractivity contribution in [2.75, 3.05) is 18.9 Å². The molecular weight excluding hydrogens is 226 g/mol. The van der Waals surface area contributed by atoms with E-state index in [1.165, 1.54) is 6.42 Å². The summed E-state index contributed by atoms with van der Waals surface area (Å²) in [4.78, 5) is 18.6. The van der Waals surface area contributed by atoms with E-state index in [1.54, 1.807) is 12.3 Å². The van der Waals surface area contributed by atoms with Crippen molar-refractivity contribution in [1.29, 1.82) is 0 Å². The van der Waals surface area contributed by atoms with Crippen molar-refractivity contribution in [1.82, 2.24) is 9.88 Å². The third-order valence-corrected chi connectivity index (χ3v) is 3.65. The molecule has 2 rings (SSSR count). The van der Waals surface area contributed by atoms with Gasteiger partial charge in [0.2, 0.25) is 0 Å². The monoisotopic (exact) mass is 247 g/mol. The zero-order valence-corrected chi connectivity index (χ0v) is 11.3. The predicted molar refractivity (Wildman–Crippen MR) is 72.7 cm³/mol. The zero-order chi connectivity index (χ0) is 13.1. The zero-order valence-electron chi connectivity index (χ0n) is 11.3. The Balaban J connectivity index is 2.13. The molecule has 2 heterocycles. The van der Waals surface area contributed by atoms with Crippen LogP contribution >= 0.6 is 0 Å². The number of nitrogens with one attached hydrogen (secondary N) is 1. The molecule has 4 heteroatoms. The van der Waals surface area contributed by atoms with Crippen molar-refractivity contribution in [3.05, 3.63) is 24.0 Å². The molecule has 98 valence electrons. The van der Waals surface area contributed by atoms with Crippen molar-refractivity contribution >= 4 is 11.6 Å². The number of nitrogens with zero attached hydrogens (tertiary/aromatic N) is 2. The molecule has 0 aromatic carbocycles. The Labute approximate surface area is 108 Å². The summed E-state index contributed by atoms with van der Waals surface area (Å²) in [6, 6.07) is 4.00. The molecule has 18 heavy (non-hydrogen) atoms. The molecule has 0 aliphatic carbocycles. The van der Waals surface area contributed by atoms with Crippen LogP contribution in [0, 0.1) is 5.92 Å². The van der Waals surface area contributed by atoms with Gasteiger partial charge < -0.3 is 10.2 Å². The Kier molecular flexibility index (Phi) is 3.84. The van der Waals surface area contributed by atoms with Crippen molar-refractivity contribution in [3.63, 3.8) is 0 Å². The first-order chi connectivity index (χ1) is 8.61. The van der Waals surface area contributed by atoms with Crippen molar-refractivity contribution < 1.29 is 4.79 Å². The lowest BCUT2D eigenvalue weighted by molar-refractivity contribution is 0.0568. The summed E-state index contributed by atoms with van der Waals surface area (Å²) >= 11 is 0. The van der Waals surface area contributed by atoms with E-state index in [0.29, 0.717) is 17.7 Å². The molecular formula is C14H21N3O. The third-order valence-electron chi connectivity index (χ3n) is 3.65. The number of carbonyl (C=O) groups excluding carboxylic acids is 1. The molecule has 0 spiro atoms. The summed E-state index contributed by atoms with van der Waals surface area (Å²) < 4.78 is 0. The van der Waals surface area contributed by atoms with Gasteiger partial charge >= 0.3 is 0 Å². The molecule has 1 aromatic heterocycles. The van der Waals surface area contributed by atoms with E-state index >= 15 is 0 Å². The smallest absolute Gasteiger partial charge is 0.272 e. The molecule has 0 radical (unpaired) electrons. The van der Waals surface area contributed by atoms with E-state index < -0.39 is 0 Å². The summed E-state index contributed by atoms with van der Waals surface area (Å²) in [6.45, 7) is 5.16. The van der Waals surface area contributed by atoms with E-state index in [-0.39, 0.29) is 5.91 Å². The van der Waals surface area contributed by atoms with E-state index in [2.05, 4.69) is 24.1 Å². The maximum atomic E-state index is 12.4. The van der Waals surface area contributed by atoms with Crippen LogP contribution in [0.25, 0.3) is 0 Å². The Morgan fingerprint density at radius 3 is 2.78 bits per heavy atom. The van der Waals surface area contributed by atoms with Crippen LogP contribution in [0.5, 0.6) is 0 Å². The molecule has 1 aliphatic heterocycles. The van der Waals surface area contributed by atoms with Gasteiger partial charge in [-0.3, -0.25) is 4.79 Å². The number of amides is 1. The average Bonchev–Trinajstić information content (AvgIpc) is 2.41. The lowest BCUT2D eigenvalue weighted by Gasteiger charge is -2.36. The molecule has 0 bridgehead atoms. The van der Waals surface area contributed by atoms with Crippen LogP contribution in [0.4, 0.5) is 5.69 Å². The van der Waals surface area contributed by atoms with Gasteiger partial charge in [-0.15, -0.1) is 0 Å². The number of hydrogen-bond donors (Lipinski definition) is 1. The average molecular weight is 247 g/mol. The fraction of sp³-hybridized carbons (Fsp3) is 0.571. The lowest BCUT2D eigenvalue weighted by Crippen LogP contribution is -2.45. The number of rotatable bonds is 2. The van der Waals surface area contributed by atoms with Gasteiger partial charge in [0.25, 0.3) is 5.91 Å². The van der Waals surface area contributed by atoms with Gasteiger partial charge in [0, 0.05) is 19.6 Å². The number of piperidine rings is 1. The molecule has 2 unspecified atom stereocenters. The van der Waals surface area contributed by atoms with Crippen LogP contribution in [0.2, 0.25) is 0 Å². The highest BCUT2D eigenvalue weighted by Gasteiger charge is 2.28. The van der Waals surface area contributed by atoms with Crippen LogP contribution in [-0.2, 0) is 0 Å². The SMILES string of the molecule is CNc1ccc(C(=O)N2CC(C)CCC2C)nc1. The fourth-order valence-corrected chi connectivity index (χ4v) is 2.39. The number of pyridine rings is 1. The normalized spacial score (nSPS) is 23.8. The number of likely N-dealkylation sites (tertiary alicyclic amines) is 1. The van der Waals surface area contributed by atoms with Crippen LogP contribution in [0.15, 0.2) is 18.3 Å². The summed E-state index contributed by atoms with van der Waals surface area (Å²) in [5, 5.41) is 3.00. The van der Waals surface area contributed by atoms with Gasteiger partial charge in [0.05, 0.1) is 11.9 Å². The second-order valence-electron chi connectivity index (χ2n) is 5.17. The molecule has 1 N–H and O–H groups in total. The summed E-state index contributed by atoms with van der Waals surface area (Å²) in [5.74, 6) is 0.637. The first kappa shape index (κ1) is 12.9. The quantitative estimate of drug-likeness (QED) is 0.872. The van der Waals surface area contributed by atoms with Gasteiger partial charge in [0.15, 0.2) is 0 Å². The largest absolute Gasteiger partial charge is 0.387 e. The molecule has 1 aromatic rings. The Bertz CT molecular complexity index is 416. The fourth-order valence-electron chi connectivity index (χ4n) is 2.39. The van der Waals surface area contributed by atoms with Gasteiger partial charge in [-0.1, -0.05) is 6.92 Å². The molecule has 1 fully saturated rings. The van der Waals surface area contributed by atoms with E-state index in [0.717, 1.165) is 18.7 Å². The second kappa shape index (κ2) is 5.38. The first-order valence-electron chi connectivity index (χ1n) is 6.56. The topological polar surface area (TPSA) is 45.2 Å². The van der Waals surface area contributed by atoms with E-state index in [9.17, 15) is 4.79 Å². The summed E-state index contributed by atoms with van der Waals surface area (Å²) in [5.41, 5.74) is 1.46. The van der Waals surface area contributed by atoms with Crippen LogP contribution in [0.3, 0.4) is 0 Å². The van der Waals surface area contributed by atoms with E-state index in [1.807, 2.05) is 18.0 Å². The minimum absolute atomic E-state index is 0.0525. The minimum atomic E-state index is 0.0525. The molecule has 0 saturated carbocycles. The van der Waals surface area contributed by atoms with Gasteiger partial charge in [-0.25, -0.2) is 4.98 Å². The Hall–Kier alpha value is -1.58. The standard InChI is InChI=1S/C14H21N3O/c1-10-4-5-11(2)17(9-10)14(18)13-7-6-12(15-3)8-16-13/h6-8,10-11,15H,4-5,9H2,1-3H3. The molecule has 1 saturated heterocycles. The van der Waals surface area contributed by atoms with Crippen molar-refractivity contribution in [3.8, 4) is 0 Å². The number of hydrogen-bond acceptors (Lipinski definition) is 3. The van der Waals surface area contributed by atoms with E-state index in [4.69, 9.17) is 0 Å². The van der Waals surface area contributed by atoms with Gasteiger partial charge in [-0.2, -0.15) is 0 Å². The number of carbonyl (C=O) groups is 1. The second-order valence-corrected chi connectivity index (χ2v) is 5.17. The van der Waals surface area contributed by atoms with Crippen LogP contribution < -0.4 is 5.32 Å². The maximum absolute atomic E-state index is 12.4. The van der Waals surface area contributed by atoms with Crippen LogP contribution in [-0.4, -0.2) is 35.4 Å². The molecule has 1 aliphatic rings. The summed E-state index contributed by atoms with van der Waals surface area (Å²) in [7, 11) is 1.84. The minimum Gasteiger partial charge on any atom is -0.387 e. The Morgan fingerprint density at radius 1 is 1.39 bits per heavy atom. The van der Waals surface area contributed by atoms with Crippen molar-refractivity contribution in [2.24, 2.45) is 5.92 Å². The number of aromatic nitrogens is 1. The number of anilines is 1. The molecule has 2 atom stereocenters.